The van der Waals surface area contributed by atoms with Gasteiger partial charge in [0.1, 0.15) is 0 Å². The van der Waals surface area contributed by atoms with Gasteiger partial charge in [-0.25, -0.2) is 8.42 Å². The Morgan fingerprint density at radius 1 is 1.11 bits per heavy atom. The van der Waals surface area contributed by atoms with Crippen LogP contribution in [-0.2, 0) is 15.8 Å². The van der Waals surface area contributed by atoms with Gasteiger partial charge in [0.2, 0.25) is 10.0 Å². The maximum Gasteiger partial charge on any atom is 0.218 e. The zero-order valence-corrected chi connectivity index (χ0v) is 12.3. The summed E-state index contributed by atoms with van der Waals surface area (Å²) >= 11 is 6.20. The highest BCUT2D eigenvalue weighted by Gasteiger charge is 2.46. The number of rotatable bonds is 3. The van der Waals surface area contributed by atoms with Crippen LogP contribution < -0.4 is 0 Å². The smallest absolute Gasteiger partial charge is 0.212 e. The van der Waals surface area contributed by atoms with Crippen LogP contribution in [0.15, 0.2) is 30.3 Å². The Balaban J connectivity index is 1.82. The second kappa shape index (κ2) is 5.08. The molecule has 2 bridgehead atoms. The van der Waals surface area contributed by atoms with Crippen molar-refractivity contribution in [2.75, 3.05) is 0 Å². The normalized spacial score (nSPS) is 31.5. The summed E-state index contributed by atoms with van der Waals surface area (Å²) in [7, 11) is -3.22. The monoisotopic (exact) mass is 299 g/mol. The van der Waals surface area contributed by atoms with Crippen molar-refractivity contribution in [2.24, 2.45) is 0 Å². The number of hydrogen-bond acceptors (Lipinski definition) is 2. The molecule has 1 aromatic carbocycles. The van der Waals surface area contributed by atoms with Crippen molar-refractivity contribution in [1.82, 2.24) is 4.31 Å². The van der Waals surface area contributed by atoms with Crippen LogP contribution in [0.25, 0.3) is 0 Å². The zero-order chi connectivity index (χ0) is 13.5. The summed E-state index contributed by atoms with van der Waals surface area (Å²) < 4.78 is 27.0. The molecule has 104 valence electrons. The van der Waals surface area contributed by atoms with E-state index in [1.807, 2.05) is 30.3 Å². The lowest BCUT2D eigenvalue weighted by molar-refractivity contribution is 0.251. The highest BCUT2D eigenvalue weighted by Crippen LogP contribution is 2.40. The van der Waals surface area contributed by atoms with Crippen LogP contribution in [0, 0.1) is 0 Å². The SMILES string of the molecule is O=S(=O)(Cc1ccccc1)N1C2CCC1CC(Cl)C2. The van der Waals surface area contributed by atoms with Gasteiger partial charge in [-0.2, -0.15) is 4.31 Å². The third-order valence-electron chi connectivity index (χ3n) is 4.12. The Kier molecular flexibility index (Phi) is 3.58. The van der Waals surface area contributed by atoms with Gasteiger partial charge in [-0.3, -0.25) is 0 Å². The van der Waals surface area contributed by atoms with E-state index >= 15 is 0 Å². The number of sulfonamides is 1. The molecule has 19 heavy (non-hydrogen) atoms. The third-order valence-corrected chi connectivity index (χ3v) is 6.41. The average Bonchev–Trinajstić information content (AvgIpc) is 2.64. The maximum absolute atomic E-state index is 12.6. The fourth-order valence-corrected chi connectivity index (χ4v) is 5.85. The van der Waals surface area contributed by atoms with E-state index in [-0.39, 0.29) is 23.2 Å². The van der Waals surface area contributed by atoms with Gasteiger partial charge in [-0.05, 0) is 31.2 Å². The highest BCUT2D eigenvalue weighted by molar-refractivity contribution is 7.88. The Morgan fingerprint density at radius 2 is 1.68 bits per heavy atom. The summed E-state index contributed by atoms with van der Waals surface area (Å²) in [5.74, 6) is 0.105. The predicted octanol–water partition coefficient (Wildman–Crippen LogP) is 2.75. The minimum Gasteiger partial charge on any atom is -0.212 e. The largest absolute Gasteiger partial charge is 0.218 e. The molecule has 0 amide bonds. The van der Waals surface area contributed by atoms with Crippen molar-refractivity contribution in [1.29, 1.82) is 0 Å². The number of benzene rings is 1. The number of halogens is 1. The first-order valence-corrected chi connectivity index (χ1v) is 8.80. The molecule has 2 heterocycles. The molecule has 2 aliphatic heterocycles. The molecule has 0 aliphatic carbocycles. The molecule has 3 nitrogen and oxygen atoms in total. The van der Waals surface area contributed by atoms with Crippen molar-refractivity contribution in [3.05, 3.63) is 35.9 Å². The second-order valence-corrected chi connectivity index (χ2v) is 8.02. The molecule has 1 aromatic rings. The molecule has 2 unspecified atom stereocenters. The summed E-state index contributed by atoms with van der Waals surface area (Å²) in [4.78, 5) is 0. The van der Waals surface area contributed by atoms with Crippen molar-refractivity contribution in [3.8, 4) is 0 Å². The Morgan fingerprint density at radius 3 is 2.26 bits per heavy atom. The van der Waals surface area contributed by atoms with Gasteiger partial charge in [0.15, 0.2) is 0 Å². The quantitative estimate of drug-likeness (QED) is 0.805. The van der Waals surface area contributed by atoms with E-state index in [4.69, 9.17) is 11.6 Å². The lowest BCUT2D eigenvalue weighted by Crippen LogP contribution is -2.47. The van der Waals surface area contributed by atoms with Gasteiger partial charge < -0.3 is 0 Å². The molecular formula is C14H18ClNO2S. The van der Waals surface area contributed by atoms with E-state index in [1.54, 1.807) is 4.31 Å². The van der Waals surface area contributed by atoms with Crippen LogP contribution in [0.2, 0.25) is 0 Å². The van der Waals surface area contributed by atoms with Crippen molar-refractivity contribution >= 4 is 21.6 Å². The van der Waals surface area contributed by atoms with E-state index in [0.29, 0.717) is 0 Å². The maximum atomic E-state index is 12.6. The molecule has 0 aromatic heterocycles. The third kappa shape index (κ3) is 2.67. The van der Waals surface area contributed by atoms with Gasteiger partial charge >= 0.3 is 0 Å². The molecule has 3 rings (SSSR count). The number of alkyl halides is 1. The van der Waals surface area contributed by atoms with Gasteiger partial charge in [0, 0.05) is 17.5 Å². The molecule has 0 N–H and O–H groups in total. The van der Waals surface area contributed by atoms with Gasteiger partial charge in [-0.1, -0.05) is 30.3 Å². The molecule has 2 saturated heterocycles. The molecule has 2 aliphatic rings. The standard InChI is InChI=1S/C14H18ClNO2S/c15-12-8-13-6-7-14(9-12)16(13)19(17,18)10-11-4-2-1-3-5-11/h1-5,12-14H,6-10H2. The van der Waals surface area contributed by atoms with Crippen molar-refractivity contribution in [3.63, 3.8) is 0 Å². The molecular weight excluding hydrogens is 282 g/mol. The summed E-state index contributed by atoms with van der Waals surface area (Å²) in [6, 6.07) is 9.64. The average molecular weight is 300 g/mol. The topological polar surface area (TPSA) is 37.4 Å². The van der Waals surface area contributed by atoms with Gasteiger partial charge in [0.25, 0.3) is 0 Å². The van der Waals surface area contributed by atoms with Gasteiger partial charge in [0.05, 0.1) is 5.75 Å². The van der Waals surface area contributed by atoms with Crippen LogP contribution in [0.1, 0.15) is 31.2 Å². The fraction of sp³-hybridized carbons (Fsp3) is 0.571. The lowest BCUT2D eigenvalue weighted by Gasteiger charge is -2.35. The number of fused-ring (bicyclic) bond motifs is 2. The number of piperidine rings is 1. The Bertz CT molecular complexity index is 532. The van der Waals surface area contributed by atoms with Crippen LogP contribution in [0.4, 0.5) is 0 Å². The molecule has 0 radical (unpaired) electrons. The molecule has 0 spiro atoms. The van der Waals surface area contributed by atoms with Crippen LogP contribution in [0.3, 0.4) is 0 Å². The molecule has 0 saturated carbocycles. The van der Waals surface area contributed by atoms with E-state index in [0.717, 1.165) is 31.2 Å². The van der Waals surface area contributed by atoms with Crippen molar-refractivity contribution < 1.29 is 8.42 Å². The Labute approximate surface area is 119 Å². The lowest BCUT2D eigenvalue weighted by atomic mass is 10.1. The Hall–Kier alpha value is -0.580. The van der Waals surface area contributed by atoms with E-state index < -0.39 is 10.0 Å². The first kappa shape index (κ1) is 13.4. The highest BCUT2D eigenvalue weighted by atomic mass is 35.5. The van der Waals surface area contributed by atoms with E-state index in [2.05, 4.69) is 0 Å². The summed E-state index contributed by atoms with van der Waals surface area (Å²) in [5, 5.41) is 0.140. The summed E-state index contributed by atoms with van der Waals surface area (Å²) in [6.07, 6.45) is 3.52. The minimum absolute atomic E-state index is 0.105. The first-order valence-electron chi connectivity index (χ1n) is 6.75. The number of nitrogens with zero attached hydrogens (tertiary/aromatic N) is 1. The summed E-state index contributed by atoms with van der Waals surface area (Å²) in [6.45, 7) is 0. The molecule has 2 fully saturated rings. The first-order chi connectivity index (χ1) is 9.06. The predicted molar refractivity (Wildman–Crippen MR) is 76.6 cm³/mol. The fourth-order valence-electron chi connectivity index (χ4n) is 3.38. The van der Waals surface area contributed by atoms with Gasteiger partial charge in [-0.15, -0.1) is 11.6 Å². The second-order valence-electron chi connectivity index (χ2n) is 5.53. The molecule has 5 heteroatoms. The van der Waals surface area contributed by atoms with Crippen LogP contribution in [0.5, 0.6) is 0 Å². The van der Waals surface area contributed by atoms with Crippen LogP contribution >= 0.6 is 11.6 Å². The number of hydrogen-bond donors (Lipinski definition) is 0. The van der Waals surface area contributed by atoms with E-state index in [1.165, 1.54) is 0 Å². The zero-order valence-electron chi connectivity index (χ0n) is 10.7. The molecule has 2 atom stereocenters. The van der Waals surface area contributed by atoms with Crippen molar-refractivity contribution in [2.45, 2.75) is 48.9 Å². The van der Waals surface area contributed by atoms with Crippen LogP contribution in [-0.4, -0.2) is 30.2 Å². The summed E-state index contributed by atoms with van der Waals surface area (Å²) in [5.41, 5.74) is 0.856. The minimum atomic E-state index is -3.22. The van der Waals surface area contributed by atoms with E-state index in [9.17, 15) is 8.42 Å².